The summed E-state index contributed by atoms with van der Waals surface area (Å²) >= 11 is 0. The van der Waals surface area contributed by atoms with Crippen molar-refractivity contribution in [3.05, 3.63) is 23.7 Å². The maximum atomic E-state index is 5.61. The largest absolute Gasteiger partial charge is 0.468 e. The Bertz CT molecular complexity index is 362. The van der Waals surface area contributed by atoms with Gasteiger partial charge in [0.25, 0.3) is 0 Å². The number of furan rings is 1. The van der Waals surface area contributed by atoms with Crippen LogP contribution in [0.1, 0.15) is 32.1 Å². The molecule has 1 aliphatic rings. The summed E-state index contributed by atoms with van der Waals surface area (Å²) in [7, 11) is 0. The van der Waals surface area contributed by atoms with Gasteiger partial charge < -0.3 is 14.5 Å². The van der Waals surface area contributed by atoms with Crippen LogP contribution in [0.5, 0.6) is 0 Å². The zero-order valence-corrected chi connectivity index (χ0v) is 11.6. The lowest BCUT2D eigenvalue weighted by Crippen LogP contribution is -2.40. The molecule has 4 heteroatoms. The molecule has 0 saturated carbocycles. The first-order valence-corrected chi connectivity index (χ1v) is 6.77. The molecule has 1 atom stereocenters. The molecule has 1 aromatic rings. The van der Waals surface area contributed by atoms with Crippen molar-refractivity contribution >= 4 is 0 Å². The van der Waals surface area contributed by atoms with E-state index in [1.54, 1.807) is 0 Å². The number of nitrogens with one attached hydrogen (secondary N) is 1. The van der Waals surface area contributed by atoms with Crippen LogP contribution < -0.4 is 5.32 Å². The molecule has 1 aromatic heterocycles. The van der Waals surface area contributed by atoms with Gasteiger partial charge in [0.05, 0.1) is 25.5 Å². The molecule has 0 bridgehead atoms. The minimum Gasteiger partial charge on any atom is -0.468 e. The van der Waals surface area contributed by atoms with Crippen molar-refractivity contribution in [2.75, 3.05) is 19.7 Å². The van der Waals surface area contributed by atoms with E-state index in [0.29, 0.717) is 12.1 Å². The lowest BCUT2D eigenvalue weighted by atomic mass is 10.2. The lowest BCUT2D eigenvalue weighted by Gasteiger charge is -2.30. The maximum absolute atomic E-state index is 5.61. The highest BCUT2D eigenvalue weighted by Crippen LogP contribution is 2.13. The zero-order chi connectivity index (χ0) is 13.0. The summed E-state index contributed by atoms with van der Waals surface area (Å²) in [4.78, 5) is 2.38. The highest BCUT2D eigenvalue weighted by atomic mass is 16.5. The van der Waals surface area contributed by atoms with Crippen molar-refractivity contribution in [1.29, 1.82) is 0 Å². The Kier molecular flexibility index (Phi) is 4.80. The molecular formula is C14H24N2O2. The predicted molar refractivity (Wildman–Crippen MR) is 71.4 cm³/mol. The Hall–Kier alpha value is -0.840. The summed E-state index contributed by atoms with van der Waals surface area (Å²) in [6.07, 6.45) is 2.19. The van der Waals surface area contributed by atoms with Gasteiger partial charge in [0.1, 0.15) is 5.76 Å². The van der Waals surface area contributed by atoms with Crippen molar-refractivity contribution in [2.24, 2.45) is 0 Å². The van der Waals surface area contributed by atoms with E-state index < -0.39 is 0 Å². The molecule has 1 unspecified atom stereocenters. The Balaban J connectivity index is 1.82. The molecule has 0 aromatic carbocycles. The molecule has 4 nitrogen and oxygen atoms in total. The maximum Gasteiger partial charge on any atom is 0.118 e. The van der Waals surface area contributed by atoms with Crippen LogP contribution in [0.4, 0.5) is 0 Å². The Morgan fingerprint density at radius 3 is 3.06 bits per heavy atom. The van der Waals surface area contributed by atoms with Crippen LogP contribution in [0, 0.1) is 0 Å². The summed E-state index contributed by atoms with van der Waals surface area (Å²) in [5.74, 6) is 1.05. The molecule has 0 spiro atoms. The van der Waals surface area contributed by atoms with Crippen LogP contribution in [0.2, 0.25) is 0 Å². The minimum absolute atomic E-state index is 0.329. The Labute approximate surface area is 109 Å². The zero-order valence-electron chi connectivity index (χ0n) is 11.6. The lowest BCUT2D eigenvalue weighted by molar-refractivity contribution is -0.0230. The highest BCUT2D eigenvalue weighted by molar-refractivity contribution is 5.12. The molecule has 18 heavy (non-hydrogen) atoms. The van der Waals surface area contributed by atoms with E-state index in [1.165, 1.54) is 5.56 Å². The van der Waals surface area contributed by atoms with Gasteiger partial charge in [-0.25, -0.2) is 0 Å². The fraction of sp³-hybridized carbons (Fsp3) is 0.714. The van der Waals surface area contributed by atoms with Gasteiger partial charge in [-0.1, -0.05) is 13.8 Å². The van der Waals surface area contributed by atoms with E-state index >= 15 is 0 Å². The van der Waals surface area contributed by atoms with Crippen molar-refractivity contribution in [3.63, 3.8) is 0 Å². The molecule has 2 rings (SSSR count). The van der Waals surface area contributed by atoms with E-state index in [2.05, 4.69) is 37.1 Å². The van der Waals surface area contributed by atoms with Gasteiger partial charge in [0.2, 0.25) is 0 Å². The molecule has 0 amide bonds. The molecule has 1 saturated heterocycles. The molecular weight excluding hydrogens is 228 g/mol. The van der Waals surface area contributed by atoms with E-state index in [4.69, 9.17) is 9.15 Å². The number of nitrogens with zero attached hydrogens (tertiary/aromatic N) is 1. The number of rotatable bonds is 5. The van der Waals surface area contributed by atoms with Gasteiger partial charge in [-0.05, 0) is 13.0 Å². The summed E-state index contributed by atoms with van der Waals surface area (Å²) in [6, 6.07) is 2.65. The molecule has 0 aliphatic carbocycles. The van der Waals surface area contributed by atoms with Crippen LogP contribution >= 0.6 is 0 Å². The minimum atomic E-state index is 0.329. The third-order valence-corrected chi connectivity index (χ3v) is 3.13. The molecule has 1 aliphatic heterocycles. The second-order valence-corrected chi connectivity index (χ2v) is 5.37. The van der Waals surface area contributed by atoms with Gasteiger partial charge in [0, 0.05) is 31.2 Å². The normalized spacial score (nSPS) is 21.7. The Morgan fingerprint density at radius 1 is 1.50 bits per heavy atom. The third-order valence-electron chi connectivity index (χ3n) is 3.13. The van der Waals surface area contributed by atoms with Crippen molar-refractivity contribution in [2.45, 2.75) is 46.0 Å². The highest BCUT2D eigenvalue weighted by Gasteiger charge is 2.17. The second-order valence-electron chi connectivity index (χ2n) is 5.37. The molecule has 1 fully saturated rings. The molecule has 0 radical (unpaired) electrons. The van der Waals surface area contributed by atoms with Gasteiger partial charge in [-0.2, -0.15) is 0 Å². The Morgan fingerprint density at radius 2 is 2.33 bits per heavy atom. The van der Waals surface area contributed by atoms with Crippen LogP contribution in [-0.4, -0.2) is 36.7 Å². The van der Waals surface area contributed by atoms with Crippen LogP contribution in [-0.2, 0) is 17.8 Å². The van der Waals surface area contributed by atoms with E-state index in [-0.39, 0.29) is 0 Å². The van der Waals surface area contributed by atoms with Crippen LogP contribution in [0.15, 0.2) is 16.7 Å². The summed E-state index contributed by atoms with van der Waals surface area (Å²) < 4.78 is 11.1. The smallest absolute Gasteiger partial charge is 0.118 e. The van der Waals surface area contributed by atoms with E-state index in [9.17, 15) is 0 Å². The van der Waals surface area contributed by atoms with Gasteiger partial charge >= 0.3 is 0 Å². The van der Waals surface area contributed by atoms with Gasteiger partial charge in [-0.3, -0.25) is 4.90 Å². The molecule has 102 valence electrons. The van der Waals surface area contributed by atoms with Crippen molar-refractivity contribution in [1.82, 2.24) is 10.2 Å². The predicted octanol–water partition coefficient (Wildman–Crippen LogP) is 2.00. The number of ether oxygens (including phenoxy) is 1. The number of hydrogen-bond acceptors (Lipinski definition) is 4. The SMILES string of the molecule is CC(C)NCc1coc(CN2CCOC(C)C2)c1. The van der Waals surface area contributed by atoms with Gasteiger partial charge in [0.15, 0.2) is 0 Å². The van der Waals surface area contributed by atoms with Crippen LogP contribution in [0.25, 0.3) is 0 Å². The summed E-state index contributed by atoms with van der Waals surface area (Å²) in [5.41, 5.74) is 1.22. The number of morpholine rings is 1. The molecule has 2 heterocycles. The first-order chi connectivity index (χ1) is 8.63. The first kappa shape index (κ1) is 13.6. The quantitative estimate of drug-likeness (QED) is 0.870. The fourth-order valence-electron chi connectivity index (χ4n) is 2.18. The van der Waals surface area contributed by atoms with Crippen molar-refractivity contribution < 1.29 is 9.15 Å². The fourth-order valence-corrected chi connectivity index (χ4v) is 2.18. The second kappa shape index (κ2) is 6.36. The van der Waals surface area contributed by atoms with Gasteiger partial charge in [-0.15, -0.1) is 0 Å². The van der Waals surface area contributed by atoms with Crippen molar-refractivity contribution in [3.8, 4) is 0 Å². The van der Waals surface area contributed by atoms with E-state index in [0.717, 1.165) is 38.5 Å². The summed E-state index contributed by atoms with van der Waals surface area (Å²) in [6.45, 7) is 11.0. The molecule has 1 N–H and O–H groups in total. The number of hydrogen-bond donors (Lipinski definition) is 1. The standard InChI is InChI=1S/C14H24N2O2/c1-11(2)15-7-13-6-14(18-10-13)9-16-4-5-17-12(3)8-16/h6,10-12,15H,4-5,7-9H2,1-3H3. The monoisotopic (exact) mass is 252 g/mol. The first-order valence-electron chi connectivity index (χ1n) is 6.77. The average molecular weight is 252 g/mol. The topological polar surface area (TPSA) is 37.6 Å². The van der Waals surface area contributed by atoms with E-state index in [1.807, 2.05) is 6.26 Å². The average Bonchev–Trinajstić information content (AvgIpc) is 2.74. The summed E-state index contributed by atoms with van der Waals surface area (Å²) in [5, 5.41) is 3.39. The van der Waals surface area contributed by atoms with Crippen LogP contribution in [0.3, 0.4) is 0 Å². The third kappa shape index (κ3) is 4.12.